The standard InChI is InChI=1S/2Eu.2H2O.O/h;;2*1H2;/q;;;;-2/p-2. The molecule has 0 heterocycles. The largest absolute Gasteiger partial charge is 2.00 e. The van der Waals surface area contributed by atoms with E-state index in [2.05, 4.69) is 0 Å². The van der Waals surface area contributed by atoms with Crippen LogP contribution < -0.4 is 0 Å². The van der Waals surface area contributed by atoms with Gasteiger partial charge in [0, 0.05) is 98.8 Å². The third kappa shape index (κ3) is 19.3. The minimum Gasteiger partial charge on any atom is -2.00 e. The molecule has 0 unspecified atom stereocenters. The summed E-state index contributed by atoms with van der Waals surface area (Å²) in [5.74, 6) is 0. The van der Waals surface area contributed by atoms with E-state index in [4.69, 9.17) is 0 Å². The molecule has 2 radical (unpaired) electrons. The molecule has 0 saturated heterocycles. The molecule has 0 saturated carbocycles. The summed E-state index contributed by atoms with van der Waals surface area (Å²) in [6.07, 6.45) is 0. The first-order valence-corrected chi connectivity index (χ1v) is 0. The van der Waals surface area contributed by atoms with Gasteiger partial charge in [0.1, 0.15) is 0 Å². The first kappa shape index (κ1) is 43.0. The van der Waals surface area contributed by atoms with Gasteiger partial charge in [-0.1, -0.05) is 0 Å². The number of rotatable bonds is 0. The Morgan fingerprint density at radius 3 is 0.600 bits per heavy atom. The summed E-state index contributed by atoms with van der Waals surface area (Å²) < 4.78 is 0. The maximum absolute atomic E-state index is 0. The molecule has 0 aromatic heterocycles. The predicted octanol–water partition coefficient (Wildman–Crippen LogP) is -0.472. The molecule has 0 aromatic carbocycles. The van der Waals surface area contributed by atoms with E-state index in [1.165, 1.54) is 0 Å². The van der Waals surface area contributed by atoms with E-state index < -0.39 is 0 Å². The normalized spacial score (nSPS) is 0. The smallest absolute Gasteiger partial charge is 0 e. The van der Waals surface area contributed by atoms with Gasteiger partial charge in [0.15, 0.2) is 0 Å². The average molecular weight is 354 g/mol. The van der Waals surface area contributed by atoms with Crippen molar-refractivity contribution in [3.63, 3.8) is 0 Å². The van der Waals surface area contributed by atoms with Crippen LogP contribution in [0.25, 0.3) is 0 Å². The van der Waals surface area contributed by atoms with Crippen LogP contribution in [0.15, 0.2) is 0 Å². The molecule has 0 bridgehead atoms. The molecule has 0 spiro atoms. The molecule has 5 heavy (non-hydrogen) atoms. The molecular formula is H2Eu2O3-4. The van der Waals surface area contributed by atoms with E-state index in [-0.39, 0.29) is 115 Å². The van der Waals surface area contributed by atoms with Gasteiger partial charge in [0.25, 0.3) is 0 Å². The van der Waals surface area contributed by atoms with Crippen molar-refractivity contribution in [3.05, 3.63) is 0 Å². The van der Waals surface area contributed by atoms with Gasteiger partial charge >= 0.3 is 0 Å². The van der Waals surface area contributed by atoms with Crippen LogP contribution in [0, 0.1) is 98.8 Å². The van der Waals surface area contributed by atoms with Crippen LogP contribution in [-0.4, -0.2) is 11.0 Å². The Kier molecular flexibility index (Phi) is 239. The van der Waals surface area contributed by atoms with E-state index in [0.717, 1.165) is 0 Å². The van der Waals surface area contributed by atoms with Crippen LogP contribution in [0.4, 0.5) is 0 Å². The SMILES string of the molecule is [Eu].[Eu].[O-2].[OH-].[OH-]. The second-order valence-corrected chi connectivity index (χ2v) is 0. The van der Waals surface area contributed by atoms with E-state index >= 15 is 0 Å². The Labute approximate surface area is 112 Å². The fraction of sp³-hybridized carbons (Fsp3) is 0. The number of hydrogen-bond acceptors (Lipinski definition) is 2. The van der Waals surface area contributed by atoms with Gasteiger partial charge in [-0.3, -0.25) is 0 Å². The van der Waals surface area contributed by atoms with Crippen molar-refractivity contribution in [2.45, 2.75) is 0 Å². The molecule has 5 heteroatoms. The maximum Gasteiger partial charge on any atom is 0 e. The zero-order valence-electron chi connectivity index (χ0n) is 2.06. The molecule has 0 aliphatic carbocycles. The summed E-state index contributed by atoms with van der Waals surface area (Å²) in [5, 5.41) is 0. The summed E-state index contributed by atoms with van der Waals surface area (Å²) in [4.78, 5) is 0. The molecular weight excluding hydrogens is 352 g/mol. The molecule has 0 aliphatic heterocycles. The predicted molar refractivity (Wildman–Crippen MR) is 4.56 cm³/mol. The fourth-order valence-corrected chi connectivity index (χ4v) is 0. The van der Waals surface area contributed by atoms with Crippen molar-refractivity contribution in [1.82, 2.24) is 0 Å². The minimum absolute atomic E-state index is 0. The summed E-state index contributed by atoms with van der Waals surface area (Å²) >= 11 is 0. The second kappa shape index (κ2) is 27.7. The summed E-state index contributed by atoms with van der Waals surface area (Å²) in [7, 11) is 0. The first-order chi connectivity index (χ1) is 0. The molecule has 0 rings (SSSR count). The van der Waals surface area contributed by atoms with E-state index in [0.29, 0.717) is 0 Å². The number of hydrogen-bond donors (Lipinski definition) is 0. The van der Waals surface area contributed by atoms with Crippen molar-refractivity contribution in [3.8, 4) is 0 Å². The van der Waals surface area contributed by atoms with Gasteiger partial charge < -0.3 is 16.4 Å². The van der Waals surface area contributed by atoms with Crippen molar-refractivity contribution in [2.75, 3.05) is 0 Å². The summed E-state index contributed by atoms with van der Waals surface area (Å²) in [5.41, 5.74) is 0. The van der Waals surface area contributed by atoms with Crippen LogP contribution in [0.3, 0.4) is 0 Å². The molecule has 2 N–H and O–H groups in total. The molecule has 0 fully saturated rings. The third-order valence-corrected chi connectivity index (χ3v) is 0. The van der Waals surface area contributed by atoms with Crippen LogP contribution in [-0.2, 0) is 5.48 Å². The molecule has 3 nitrogen and oxygen atoms in total. The van der Waals surface area contributed by atoms with E-state index in [1.54, 1.807) is 0 Å². The van der Waals surface area contributed by atoms with Gasteiger partial charge in [-0.25, -0.2) is 0 Å². The first-order valence-electron chi connectivity index (χ1n) is 0. The van der Waals surface area contributed by atoms with Crippen LogP contribution >= 0.6 is 0 Å². The van der Waals surface area contributed by atoms with E-state index in [1.807, 2.05) is 0 Å². The molecule has 0 aliphatic rings. The Hall–Kier alpha value is 3.05. The fourth-order valence-electron chi connectivity index (χ4n) is 0. The van der Waals surface area contributed by atoms with Crippen LogP contribution in [0.2, 0.25) is 0 Å². The maximum atomic E-state index is 0. The van der Waals surface area contributed by atoms with Gasteiger partial charge in [0.05, 0.1) is 0 Å². The second-order valence-electron chi connectivity index (χ2n) is 0. The molecule has 0 atom stereocenters. The Balaban J connectivity index is 0. The Bertz CT molecular complexity index is 4.85. The average Bonchev–Trinajstić information content (AvgIpc) is 0. The molecule has 0 aromatic rings. The van der Waals surface area contributed by atoms with Gasteiger partial charge in [-0.15, -0.1) is 0 Å². The quantitative estimate of drug-likeness (QED) is 0.589. The van der Waals surface area contributed by atoms with E-state index in [9.17, 15) is 0 Å². The van der Waals surface area contributed by atoms with Crippen molar-refractivity contribution in [1.29, 1.82) is 0 Å². The monoisotopic (exact) mass is 356 g/mol. The van der Waals surface area contributed by atoms with Crippen molar-refractivity contribution >= 4 is 0 Å². The molecule has 38 valence electrons. The minimum atomic E-state index is 0. The van der Waals surface area contributed by atoms with Crippen LogP contribution in [0.1, 0.15) is 0 Å². The zero-order chi connectivity index (χ0) is 0. The summed E-state index contributed by atoms with van der Waals surface area (Å²) in [6.45, 7) is 0. The Morgan fingerprint density at radius 2 is 0.600 bits per heavy atom. The van der Waals surface area contributed by atoms with Crippen LogP contribution in [0.5, 0.6) is 0 Å². The zero-order valence-corrected chi connectivity index (χ0v) is 6.91. The molecule has 0 amide bonds. The van der Waals surface area contributed by atoms with Gasteiger partial charge in [0.2, 0.25) is 0 Å². The van der Waals surface area contributed by atoms with Crippen molar-refractivity contribution in [2.24, 2.45) is 0 Å². The topological polar surface area (TPSA) is 88.5 Å². The van der Waals surface area contributed by atoms with Crippen molar-refractivity contribution < 1.29 is 115 Å². The summed E-state index contributed by atoms with van der Waals surface area (Å²) in [6, 6.07) is 0. The Morgan fingerprint density at radius 1 is 0.600 bits per heavy atom. The van der Waals surface area contributed by atoms with Gasteiger partial charge in [-0.05, 0) is 0 Å². The van der Waals surface area contributed by atoms with Gasteiger partial charge in [-0.2, -0.15) is 0 Å². The third-order valence-electron chi connectivity index (χ3n) is 0.